The minimum atomic E-state index is -0.0841. The summed E-state index contributed by atoms with van der Waals surface area (Å²) in [7, 11) is 2.13. The molecule has 1 saturated heterocycles. The van der Waals surface area contributed by atoms with E-state index < -0.39 is 0 Å². The minimum absolute atomic E-state index is 0.0409. The van der Waals surface area contributed by atoms with Crippen molar-refractivity contribution in [2.45, 2.75) is 19.3 Å². The molecule has 1 aromatic carbocycles. The summed E-state index contributed by atoms with van der Waals surface area (Å²) >= 11 is 0. The highest BCUT2D eigenvalue weighted by Gasteiger charge is 2.24. The number of piperazine rings is 1. The second-order valence-electron chi connectivity index (χ2n) is 6.96. The van der Waals surface area contributed by atoms with Gasteiger partial charge in [0.2, 0.25) is 11.8 Å². The number of rotatable bonds is 5. The van der Waals surface area contributed by atoms with Gasteiger partial charge in [0, 0.05) is 51.4 Å². The van der Waals surface area contributed by atoms with Crippen LogP contribution in [0.3, 0.4) is 0 Å². The van der Waals surface area contributed by atoms with Crippen molar-refractivity contribution < 1.29 is 9.59 Å². The van der Waals surface area contributed by atoms with E-state index in [1.54, 1.807) is 4.90 Å². The van der Waals surface area contributed by atoms with Crippen LogP contribution in [0.2, 0.25) is 0 Å². The Bertz CT molecular complexity index is 611. The molecule has 0 aliphatic carbocycles. The molecule has 2 aliphatic rings. The van der Waals surface area contributed by atoms with E-state index >= 15 is 0 Å². The number of fused-ring (bicyclic) bond motifs is 1. The number of amides is 2. The number of aryl methyl sites for hydroxylation is 1. The number of nitrogens with one attached hydrogen (secondary N) is 1. The van der Waals surface area contributed by atoms with E-state index in [1.807, 2.05) is 24.3 Å². The number of carbonyl (C=O) groups is 2. The lowest BCUT2D eigenvalue weighted by Crippen LogP contribution is -2.48. The number of nitrogens with zero attached hydrogens (tertiary/aromatic N) is 3. The van der Waals surface area contributed by atoms with Crippen LogP contribution in [0, 0.1) is 0 Å². The molecule has 0 bridgehead atoms. The smallest absolute Gasteiger partial charge is 0.240 e. The SMILES string of the molecule is CN1CCN(CCNC(=O)CN2C(=O)CCCc3ccccc32)CC1. The van der Waals surface area contributed by atoms with E-state index in [-0.39, 0.29) is 18.4 Å². The van der Waals surface area contributed by atoms with Gasteiger partial charge in [-0.3, -0.25) is 14.5 Å². The van der Waals surface area contributed by atoms with Gasteiger partial charge >= 0.3 is 0 Å². The van der Waals surface area contributed by atoms with Gasteiger partial charge in [0.05, 0.1) is 0 Å². The Morgan fingerprint density at radius 2 is 1.88 bits per heavy atom. The van der Waals surface area contributed by atoms with E-state index in [9.17, 15) is 9.59 Å². The summed E-state index contributed by atoms with van der Waals surface area (Å²) in [5.74, 6) is -0.0432. The average Bonchev–Trinajstić information content (AvgIpc) is 2.76. The third-order valence-electron chi connectivity index (χ3n) is 5.07. The predicted molar refractivity (Wildman–Crippen MR) is 98.7 cm³/mol. The fourth-order valence-corrected chi connectivity index (χ4v) is 3.48. The summed E-state index contributed by atoms with van der Waals surface area (Å²) in [5.41, 5.74) is 2.04. The first-order chi connectivity index (χ1) is 12.1. The Morgan fingerprint density at radius 1 is 1.12 bits per heavy atom. The van der Waals surface area contributed by atoms with Crippen molar-refractivity contribution in [3.05, 3.63) is 29.8 Å². The quantitative estimate of drug-likeness (QED) is 0.855. The normalized spacial score (nSPS) is 19.4. The summed E-state index contributed by atoms with van der Waals surface area (Å²) < 4.78 is 0. The summed E-state index contributed by atoms with van der Waals surface area (Å²) in [6, 6.07) is 7.90. The van der Waals surface area contributed by atoms with Crippen molar-refractivity contribution in [3.8, 4) is 0 Å². The van der Waals surface area contributed by atoms with Crippen LogP contribution in [-0.2, 0) is 16.0 Å². The topological polar surface area (TPSA) is 55.9 Å². The number of carbonyl (C=O) groups excluding carboxylic acids is 2. The lowest BCUT2D eigenvalue weighted by atomic mass is 10.1. The van der Waals surface area contributed by atoms with Crippen LogP contribution in [-0.4, -0.2) is 74.5 Å². The Hall–Kier alpha value is -1.92. The molecule has 0 atom stereocenters. The highest BCUT2D eigenvalue weighted by molar-refractivity contribution is 5.99. The van der Waals surface area contributed by atoms with Crippen molar-refractivity contribution >= 4 is 17.5 Å². The van der Waals surface area contributed by atoms with Gasteiger partial charge in [-0.25, -0.2) is 0 Å². The number of hydrogen-bond acceptors (Lipinski definition) is 4. The summed E-state index contributed by atoms with van der Waals surface area (Å²) in [6.07, 6.45) is 2.24. The van der Waals surface area contributed by atoms with Crippen LogP contribution in [0.1, 0.15) is 18.4 Å². The maximum absolute atomic E-state index is 12.4. The van der Waals surface area contributed by atoms with Gasteiger partial charge in [0.15, 0.2) is 0 Å². The first-order valence-corrected chi connectivity index (χ1v) is 9.19. The highest BCUT2D eigenvalue weighted by atomic mass is 16.2. The molecule has 6 nitrogen and oxygen atoms in total. The van der Waals surface area contributed by atoms with Crippen LogP contribution in [0.5, 0.6) is 0 Å². The molecule has 2 aliphatic heterocycles. The van der Waals surface area contributed by atoms with Crippen LogP contribution in [0.15, 0.2) is 24.3 Å². The molecule has 2 heterocycles. The van der Waals surface area contributed by atoms with Gasteiger partial charge in [-0.15, -0.1) is 0 Å². The number of anilines is 1. The van der Waals surface area contributed by atoms with Gasteiger partial charge < -0.3 is 15.1 Å². The third-order valence-corrected chi connectivity index (χ3v) is 5.07. The first kappa shape index (κ1) is 17.9. The van der Waals surface area contributed by atoms with E-state index in [1.165, 1.54) is 0 Å². The van der Waals surface area contributed by atoms with Crippen molar-refractivity contribution in [1.82, 2.24) is 15.1 Å². The molecule has 2 amide bonds. The van der Waals surface area contributed by atoms with Crippen LogP contribution >= 0.6 is 0 Å². The molecule has 1 N–H and O–H groups in total. The molecule has 0 aromatic heterocycles. The summed E-state index contributed by atoms with van der Waals surface area (Å²) in [6.45, 7) is 5.85. The zero-order valence-corrected chi connectivity index (χ0v) is 15.0. The molecular formula is C19H28N4O2. The third kappa shape index (κ3) is 4.80. The Kier molecular flexibility index (Phi) is 6.04. The zero-order chi connectivity index (χ0) is 17.6. The Labute approximate surface area is 149 Å². The van der Waals surface area contributed by atoms with Crippen molar-refractivity contribution in [2.24, 2.45) is 0 Å². The van der Waals surface area contributed by atoms with E-state index in [4.69, 9.17) is 0 Å². The maximum Gasteiger partial charge on any atom is 0.240 e. The second-order valence-corrected chi connectivity index (χ2v) is 6.96. The molecule has 1 aromatic rings. The fraction of sp³-hybridized carbons (Fsp3) is 0.579. The van der Waals surface area contributed by atoms with Gasteiger partial charge in [-0.1, -0.05) is 18.2 Å². The summed E-state index contributed by atoms with van der Waals surface area (Å²) in [5, 5.41) is 2.97. The molecule has 0 radical (unpaired) electrons. The molecule has 0 saturated carbocycles. The van der Waals surface area contributed by atoms with E-state index in [2.05, 4.69) is 22.2 Å². The van der Waals surface area contributed by atoms with Crippen LogP contribution in [0.25, 0.3) is 0 Å². The molecule has 3 rings (SSSR count). The molecule has 1 fully saturated rings. The molecule has 0 unspecified atom stereocenters. The minimum Gasteiger partial charge on any atom is -0.353 e. The van der Waals surface area contributed by atoms with Gasteiger partial charge in [-0.2, -0.15) is 0 Å². The van der Waals surface area contributed by atoms with Crippen molar-refractivity contribution in [2.75, 3.05) is 57.8 Å². The molecule has 136 valence electrons. The van der Waals surface area contributed by atoms with Crippen molar-refractivity contribution in [3.63, 3.8) is 0 Å². The lowest BCUT2D eigenvalue weighted by Gasteiger charge is -2.32. The number of para-hydroxylation sites is 1. The van der Waals surface area contributed by atoms with Crippen LogP contribution in [0.4, 0.5) is 5.69 Å². The van der Waals surface area contributed by atoms with E-state index in [0.29, 0.717) is 13.0 Å². The average molecular weight is 344 g/mol. The Balaban J connectivity index is 1.51. The molecule has 6 heteroatoms. The summed E-state index contributed by atoms with van der Waals surface area (Å²) in [4.78, 5) is 31.1. The number of hydrogen-bond donors (Lipinski definition) is 1. The maximum atomic E-state index is 12.4. The Morgan fingerprint density at radius 3 is 2.68 bits per heavy atom. The molecule has 25 heavy (non-hydrogen) atoms. The standard InChI is InChI=1S/C19H28N4O2/c1-21-11-13-22(14-12-21)10-9-20-18(24)15-23-17-7-3-2-5-16(17)6-4-8-19(23)25/h2-3,5,7H,4,6,8-15H2,1H3,(H,20,24). The lowest BCUT2D eigenvalue weighted by molar-refractivity contribution is -0.123. The fourth-order valence-electron chi connectivity index (χ4n) is 3.48. The zero-order valence-electron chi connectivity index (χ0n) is 15.0. The van der Waals surface area contributed by atoms with Gasteiger partial charge in [0.1, 0.15) is 6.54 Å². The largest absolute Gasteiger partial charge is 0.353 e. The van der Waals surface area contributed by atoms with Gasteiger partial charge in [0.25, 0.3) is 0 Å². The monoisotopic (exact) mass is 344 g/mol. The number of benzene rings is 1. The van der Waals surface area contributed by atoms with E-state index in [0.717, 1.165) is 56.8 Å². The molecular weight excluding hydrogens is 316 g/mol. The second kappa shape index (κ2) is 8.45. The van der Waals surface area contributed by atoms with Crippen molar-refractivity contribution in [1.29, 1.82) is 0 Å². The first-order valence-electron chi connectivity index (χ1n) is 9.19. The highest BCUT2D eigenvalue weighted by Crippen LogP contribution is 2.26. The number of likely N-dealkylation sites (N-methyl/N-ethyl adjacent to an activating group) is 1. The van der Waals surface area contributed by atoms with Crippen LogP contribution < -0.4 is 10.2 Å². The van der Waals surface area contributed by atoms with Gasteiger partial charge in [-0.05, 0) is 31.5 Å². The predicted octanol–water partition coefficient (Wildman–Crippen LogP) is 0.720. The molecule has 0 spiro atoms.